The Morgan fingerprint density at radius 1 is 0.920 bits per heavy atom. The van der Waals surface area contributed by atoms with Gasteiger partial charge in [0.2, 0.25) is 11.6 Å². The lowest BCUT2D eigenvalue weighted by Crippen LogP contribution is -2.59. The summed E-state index contributed by atoms with van der Waals surface area (Å²) in [7, 11) is 0. The van der Waals surface area contributed by atoms with Gasteiger partial charge >= 0.3 is 12.3 Å². The number of carbonyl (C=O) groups is 1. The van der Waals surface area contributed by atoms with E-state index in [0.29, 0.717) is 74.7 Å². The van der Waals surface area contributed by atoms with Crippen LogP contribution in [0.15, 0.2) is 36.4 Å². The number of benzene rings is 3. The van der Waals surface area contributed by atoms with Gasteiger partial charge in [-0.15, -0.1) is 0 Å². The first-order chi connectivity index (χ1) is 23.9. The zero-order valence-corrected chi connectivity index (χ0v) is 29.7. The number of carbonyl (C=O) groups excluding carboxylic acids is 1. The van der Waals surface area contributed by atoms with E-state index < -0.39 is 41.7 Å². The van der Waals surface area contributed by atoms with Crippen molar-refractivity contribution in [2.45, 2.75) is 127 Å². The van der Waals surface area contributed by atoms with Crippen molar-refractivity contribution in [3.05, 3.63) is 57.6 Å². The molecule has 5 aliphatic carbocycles. The lowest BCUT2D eigenvalue weighted by molar-refractivity contribution is -0.390. The summed E-state index contributed by atoms with van der Waals surface area (Å²) >= 11 is 12.9. The first-order valence-corrected chi connectivity index (χ1v) is 19.1. The van der Waals surface area contributed by atoms with E-state index >= 15 is 0 Å². The number of ether oxygens (including phenoxy) is 3. The fourth-order valence-corrected chi connectivity index (χ4v) is 10.5. The topological polar surface area (TPSA) is 63.2 Å². The third-order valence-corrected chi connectivity index (χ3v) is 12.6. The van der Waals surface area contributed by atoms with E-state index in [1.165, 1.54) is 12.5 Å². The molecule has 4 bridgehead atoms. The molecule has 270 valence electrons. The third-order valence-electron chi connectivity index (χ3n) is 12.1. The van der Waals surface area contributed by atoms with Crippen LogP contribution in [0.5, 0.6) is 0 Å². The molecule has 1 saturated heterocycles. The summed E-state index contributed by atoms with van der Waals surface area (Å²) < 4.78 is 60.6. The Bertz CT molecular complexity index is 1750. The quantitative estimate of drug-likeness (QED) is 0.0993. The van der Waals surface area contributed by atoms with Gasteiger partial charge in [0.25, 0.3) is 0 Å². The first kappa shape index (κ1) is 34.8. The Labute approximate surface area is 300 Å². The molecule has 1 aliphatic heterocycles. The zero-order valence-electron chi connectivity index (χ0n) is 28.2. The van der Waals surface area contributed by atoms with Gasteiger partial charge in [-0.05, 0) is 116 Å². The second-order valence-electron chi connectivity index (χ2n) is 15.5. The number of hydrogen-bond donors (Lipinski definition) is 0. The molecular formula is C39H43Cl2F3O6. The van der Waals surface area contributed by atoms with E-state index in [1.807, 2.05) is 0 Å². The van der Waals surface area contributed by atoms with E-state index in [2.05, 4.69) is 6.92 Å². The molecule has 9 rings (SSSR count). The molecule has 1 heterocycles. The normalized spacial score (nSPS) is 32.4. The molecule has 5 saturated carbocycles. The molecule has 3 unspecified atom stereocenters. The molecule has 0 radical (unpaired) electrons. The Balaban J connectivity index is 1.05. The standard InChI is InChI=1S/C39H43Cl2F3O6/c1-2-3-4-5-8-35(33-20-32-31(18-27(40)19-34(32)41)30-17-24(39(42,43)44)9-10-29(30)33)47-36(45)46-28-7-6-11-37(21-28)48-38(50-49-37)25-13-22-12-23(15-25)16-26(38)14-22/h9-10,17-20,22-23,25-26,28,35H,2-8,11-16,21H2,1H3. The summed E-state index contributed by atoms with van der Waals surface area (Å²) in [6.45, 7) is 2.11. The van der Waals surface area contributed by atoms with Crippen molar-refractivity contribution in [3.63, 3.8) is 0 Å². The predicted molar refractivity (Wildman–Crippen MR) is 184 cm³/mol. The van der Waals surface area contributed by atoms with Crippen LogP contribution in [0.25, 0.3) is 21.5 Å². The SMILES string of the molecule is CCCCCCC(OC(=O)OC1CCCC2(C1)OOC1(O2)C2CC3CC(C2)CC1C3)c1cc2c(Cl)cc(Cl)cc2c2cc(C(F)(F)F)ccc12. The Kier molecular flexibility index (Phi) is 9.23. The minimum absolute atomic E-state index is 0.295. The minimum Gasteiger partial charge on any atom is -0.431 e. The highest BCUT2D eigenvalue weighted by Gasteiger charge is 2.67. The van der Waals surface area contributed by atoms with Crippen molar-refractivity contribution in [3.8, 4) is 0 Å². The van der Waals surface area contributed by atoms with E-state index in [0.717, 1.165) is 81.8 Å². The summed E-state index contributed by atoms with van der Waals surface area (Å²) in [5, 5.41) is 2.48. The molecule has 11 heteroatoms. The van der Waals surface area contributed by atoms with Crippen LogP contribution in [-0.4, -0.2) is 23.8 Å². The number of fused-ring (bicyclic) bond motifs is 3. The molecule has 0 N–H and O–H groups in total. The van der Waals surface area contributed by atoms with Gasteiger partial charge in [0.1, 0.15) is 12.2 Å². The van der Waals surface area contributed by atoms with Crippen LogP contribution in [0.1, 0.15) is 114 Å². The molecule has 3 aromatic rings. The predicted octanol–water partition coefficient (Wildman–Crippen LogP) is 12.3. The van der Waals surface area contributed by atoms with Gasteiger partial charge in [0, 0.05) is 45.7 Å². The van der Waals surface area contributed by atoms with Crippen molar-refractivity contribution < 1.29 is 42.0 Å². The molecule has 3 aromatic carbocycles. The van der Waals surface area contributed by atoms with Crippen molar-refractivity contribution in [1.29, 1.82) is 0 Å². The highest BCUT2D eigenvalue weighted by Crippen LogP contribution is 2.64. The molecule has 0 aromatic heterocycles. The van der Waals surface area contributed by atoms with Gasteiger partial charge < -0.3 is 14.2 Å². The minimum atomic E-state index is -4.55. The number of hydrogen-bond acceptors (Lipinski definition) is 6. The molecular weight excluding hydrogens is 692 g/mol. The van der Waals surface area contributed by atoms with Crippen LogP contribution in [0, 0.1) is 23.7 Å². The summed E-state index contributed by atoms with van der Waals surface area (Å²) in [6.07, 6.45) is 5.58. The smallest absolute Gasteiger partial charge is 0.431 e. The molecule has 0 amide bonds. The molecule has 50 heavy (non-hydrogen) atoms. The highest BCUT2D eigenvalue weighted by molar-refractivity contribution is 6.39. The van der Waals surface area contributed by atoms with Crippen LogP contribution in [-0.2, 0) is 30.2 Å². The van der Waals surface area contributed by atoms with Gasteiger partial charge in [-0.25, -0.2) is 4.79 Å². The van der Waals surface area contributed by atoms with Crippen LogP contribution in [0.4, 0.5) is 18.0 Å². The van der Waals surface area contributed by atoms with E-state index in [9.17, 15) is 18.0 Å². The van der Waals surface area contributed by atoms with Crippen LogP contribution in [0.2, 0.25) is 10.0 Å². The fourth-order valence-electron chi connectivity index (χ4n) is 9.99. The average Bonchev–Trinajstić information content (AvgIpc) is 3.42. The number of alkyl halides is 3. The lowest BCUT2D eigenvalue weighted by Gasteiger charge is -2.57. The summed E-state index contributed by atoms with van der Waals surface area (Å²) in [5.41, 5.74) is -0.222. The fraction of sp³-hybridized carbons (Fsp3) is 0.615. The van der Waals surface area contributed by atoms with Crippen LogP contribution in [0.3, 0.4) is 0 Å². The number of halogens is 5. The maximum atomic E-state index is 13.9. The molecule has 6 aliphatic rings. The van der Waals surface area contributed by atoms with Crippen molar-refractivity contribution >= 4 is 50.9 Å². The molecule has 3 atom stereocenters. The van der Waals surface area contributed by atoms with Gasteiger partial charge in [0.05, 0.1) is 5.56 Å². The summed E-state index contributed by atoms with van der Waals surface area (Å²) in [5.74, 6) is 0.464. The number of rotatable bonds is 8. The van der Waals surface area contributed by atoms with Crippen molar-refractivity contribution in [2.75, 3.05) is 0 Å². The molecule has 6 fully saturated rings. The Hall–Kier alpha value is -2.30. The van der Waals surface area contributed by atoms with E-state index in [1.54, 1.807) is 18.2 Å². The van der Waals surface area contributed by atoms with Gasteiger partial charge in [0.15, 0.2) is 0 Å². The zero-order chi connectivity index (χ0) is 34.8. The van der Waals surface area contributed by atoms with E-state index in [-0.39, 0.29) is 0 Å². The van der Waals surface area contributed by atoms with Gasteiger partial charge in [-0.1, -0.05) is 55.5 Å². The maximum absolute atomic E-state index is 13.9. The van der Waals surface area contributed by atoms with E-state index in [4.69, 9.17) is 47.2 Å². The first-order valence-electron chi connectivity index (χ1n) is 18.3. The number of unbranched alkanes of at least 4 members (excludes halogenated alkanes) is 3. The highest BCUT2D eigenvalue weighted by atomic mass is 35.5. The van der Waals surface area contributed by atoms with Crippen LogP contribution >= 0.6 is 23.2 Å². The second kappa shape index (κ2) is 13.3. The Morgan fingerprint density at radius 2 is 1.66 bits per heavy atom. The van der Waals surface area contributed by atoms with Gasteiger partial charge in [-0.3, -0.25) is 0 Å². The second-order valence-corrected chi connectivity index (χ2v) is 16.3. The maximum Gasteiger partial charge on any atom is 0.509 e. The monoisotopic (exact) mass is 734 g/mol. The van der Waals surface area contributed by atoms with Crippen LogP contribution < -0.4 is 0 Å². The van der Waals surface area contributed by atoms with Crippen molar-refractivity contribution in [1.82, 2.24) is 0 Å². The summed E-state index contributed by atoms with van der Waals surface area (Å²) in [6, 6.07) is 8.58. The average molecular weight is 736 g/mol. The Morgan fingerprint density at radius 3 is 2.38 bits per heavy atom. The van der Waals surface area contributed by atoms with Crippen molar-refractivity contribution in [2.24, 2.45) is 23.7 Å². The largest absolute Gasteiger partial charge is 0.509 e. The summed E-state index contributed by atoms with van der Waals surface area (Å²) in [4.78, 5) is 25.9. The molecule has 2 spiro atoms. The molecule has 6 nitrogen and oxygen atoms in total. The lowest BCUT2D eigenvalue weighted by atomic mass is 9.53. The van der Waals surface area contributed by atoms with Gasteiger partial charge in [-0.2, -0.15) is 22.9 Å². The third kappa shape index (κ3) is 6.37.